The van der Waals surface area contributed by atoms with Crippen molar-refractivity contribution in [1.82, 2.24) is 20.8 Å². The molecule has 2 rings (SSSR count). The van der Waals surface area contributed by atoms with Crippen molar-refractivity contribution in [3.63, 3.8) is 0 Å². The standard InChI is InChI=1S/C12H20N4O3/c1-3-4-13-10-7-18-6-9(10)12(17)14-5-11-15-8(2)19-16-11/h9-10,13H,3-7H2,1-2H3,(H,14,17). The molecule has 0 aromatic carbocycles. The second-order valence-electron chi connectivity index (χ2n) is 4.65. The first kappa shape index (κ1) is 14.0. The van der Waals surface area contributed by atoms with E-state index in [1.54, 1.807) is 6.92 Å². The topological polar surface area (TPSA) is 89.3 Å². The fourth-order valence-corrected chi connectivity index (χ4v) is 2.05. The number of nitrogens with one attached hydrogen (secondary N) is 2. The Morgan fingerprint density at radius 3 is 3.00 bits per heavy atom. The van der Waals surface area contributed by atoms with E-state index in [1.807, 2.05) is 0 Å². The highest BCUT2D eigenvalue weighted by Crippen LogP contribution is 2.14. The molecule has 0 spiro atoms. The molecule has 0 aliphatic carbocycles. The fourth-order valence-electron chi connectivity index (χ4n) is 2.05. The third-order valence-electron chi connectivity index (χ3n) is 3.06. The van der Waals surface area contributed by atoms with Crippen molar-refractivity contribution in [2.45, 2.75) is 32.9 Å². The Labute approximate surface area is 112 Å². The van der Waals surface area contributed by atoms with Crippen LogP contribution in [0.1, 0.15) is 25.1 Å². The van der Waals surface area contributed by atoms with E-state index in [-0.39, 0.29) is 24.4 Å². The summed E-state index contributed by atoms with van der Waals surface area (Å²) in [6, 6.07) is 0.0898. The molecule has 2 N–H and O–H groups in total. The van der Waals surface area contributed by atoms with E-state index < -0.39 is 0 Å². The summed E-state index contributed by atoms with van der Waals surface area (Å²) in [5.74, 6) is 0.798. The largest absolute Gasteiger partial charge is 0.379 e. The molecule has 1 fully saturated rings. The van der Waals surface area contributed by atoms with Gasteiger partial charge in [-0.2, -0.15) is 4.98 Å². The normalized spacial score (nSPS) is 22.6. The molecule has 1 aliphatic rings. The smallest absolute Gasteiger partial charge is 0.227 e. The van der Waals surface area contributed by atoms with Crippen molar-refractivity contribution in [1.29, 1.82) is 0 Å². The van der Waals surface area contributed by atoms with Crippen LogP contribution in [0, 0.1) is 12.8 Å². The van der Waals surface area contributed by atoms with Crippen LogP contribution in [0.4, 0.5) is 0 Å². The van der Waals surface area contributed by atoms with Crippen molar-refractivity contribution >= 4 is 5.91 Å². The zero-order chi connectivity index (χ0) is 13.7. The monoisotopic (exact) mass is 268 g/mol. The number of ether oxygens (including phenoxy) is 1. The first-order valence-corrected chi connectivity index (χ1v) is 6.58. The van der Waals surface area contributed by atoms with Crippen molar-refractivity contribution in [3.8, 4) is 0 Å². The van der Waals surface area contributed by atoms with Crippen molar-refractivity contribution in [2.75, 3.05) is 19.8 Å². The minimum atomic E-state index is -0.153. The number of nitrogens with zero attached hydrogens (tertiary/aromatic N) is 2. The Kier molecular flexibility index (Phi) is 4.86. The van der Waals surface area contributed by atoms with E-state index in [0.29, 0.717) is 24.9 Å². The zero-order valence-electron chi connectivity index (χ0n) is 11.3. The zero-order valence-corrected chi connectivity index (χ0v) is 11.3. The number of hydrogen-bond acceptors (Lipinski definition) is 6. The highest BCUT2D eigenvalue weighted by atomic mass is 16.5. The molecule has 1 aromatic heterocycles. The lowest BCUT2D eigenvalue weighted by Crippen LogP contribution is -2.44. The molecule has 106 valence electrons. The number of carbonyl (C=O) groups excluding carboxylic acids is 1. The van der Waals surface area contributed by atoms with E-state index in [1.165, 1.54) is 0 Å². The molecule has 7 nitrogen and oxygen atoms in total. The molecule has 1 aliphatic heterocycles. The van der Waals surface area contributed by atoms with E-state index in [2.05, 4.69) is 27.7 Å². The quantitative estimate of drug-likeness (QED) is 0.755. The van der Waals surface area contributed by atoms with Crippen molar-refractivity contribution < 1.29 is 14.1 Å². The first-order chi connectivity index (χ1) is 9.20. The van der Waals surface area contributed by atoms with Gasteiger partial charge in [0.2, 0.25) is 11.8 Å². The van der Waals surface area contributed by atoms with Crippen LogP contribution in [0.2, 0.25) is 0 Å². The average molecular weight is 268 g/mol. The highest BCUT2D eigenvalue weighted by molar-refractivity contribution is 5.79. The van der Waals surface area contributed by atoms with Gasteiger partial charge in [-0.25, -0.2) is 0 Å². The maximum absolute atomic E-state index is 12.1. The van der Waals surface area contributed by atoms with Gasteiger partial charge in [0.1, 0.15) is 0 Å². The molecule has 0 bridgehead atoms. The van der Waals surface area contributed by atoms with Crippen LogP contribution in [-0.2, 0) is 16.1 Å². The van der Waals surface area contributed by atoms with Gasteiger partial charge in [0.25, 0.3) is 0 Å². The minimum absolute atomic E-state index is 0.0337. The summed E-state index contributed by atoms with van der Waals surface area (Å²) in [4.78, 5) is 16.1. The maximum Gasteiger partial charge on any atom is 0.227 e. The average Bonchev–Trinajstić information content (AvgIpc) is 3.02. The molecule has 2 heterocycles. The van der Waals surface area contributed by atoms with E-state index in [4.69, 9.17) is 9.26 Å². The van der Waals surface area contributed by atoms with Crippen LogP contribution in [0.5, 0.6) is 0 Å². The summed E-state index contributed by atoms with van der Waals surface area (Å²) in [6.07, 6.45) is 1.03. The van der Waals surface area contributed by atoms with Gasteiger partial charge >= 0.3 is 0 Å². The van der Waals surface area contributed by atoms with Gasteiger partial charge < -0.3 is 19.9 Å². The van der Waals surface area contributed by atoms with E-state index in [9.17, 15) is 4.79 Å². The Morgan fingerprint density at radius 1 is 1.47 bits per heavy atom. The number of aromatic nitrogens is 2. The molecule has 7 heteroatoms. The lowest BCUT2D eigenvalue weighted by Gasteiger charge is -2.17. The molecular formula is C12H20N4O3. The van der Waals surface area contributed by atoms with Gasteiger partial charge in [-0.05, 0) is 13.0 Å². The highest BCUT2D eigenvalue weighted by Gasteiger charge is 2.33. The molecule has 0 saturated carbocycles. The van der Waals surface area contributed by atoms with Crippen LogP contribution in [0.25, 0.3) is 0 Å². The lowest BCUT2D eigenvalue weighted by atomic mass is 10.0. The van der Waals surface area contributed by atoms with E-state index in [0.717, 1.165) is 13.0 Å². The number of amides is 1. The molecule has 1 saturated heterocycles. The summed E-state index contributed by atoms with van der Waals surface area (Å²) in [5, 5.41) is 9.88. The summed E-state index contributed by atoms with van der Waals surface area (Å²) < 4.78 is 10.2. The minimum Gasteiger partial charge on any atom is -0.379 e. The summed E-state index contributed by atoms with van der Waals surface area (Å²) >= 11 is 0. The Balaban J connectivity index is 1.81. The van der Waals surface area contributed by atoms with Gasteiger partial charge in [-0.3, -0.25) is 4.79 Å². The first-order valence-electron chi connectivity index (χ1n) is 6.58. The van der Waals surface area contributed by atoms with Gasteiger partial charge in [-0.15, -0.1) is 0 Å². The van der Waals surface area contributed by atoms with Gasteiger partial charge in [0.05, 0.1) is 25.7 Å². The molecule has 2 atom stereocenters. The summed E-state index contributed by atoms with van der Waals surface area (Å²) in [5.41, 5.74) is 0. The molecule has 19 heavy (non-hydrogen) atoms. The second-order valence-corrected chi connectivity index (χ2v) is 4.65. The van der Waals surface area contributed by atoms with Crippen LogP contribution < -0.4 is 10.6 Å². The SMILES string of the molecule is CCCNC1COCC1C(=O)NCc1noc(C)n1. The van der Waals surface area contributed by atoms with Crippen molar-refractivity contribution in [2.24, 2.45) is 5.92 Å². The maximum atomic E-state index is 12.1. The number of carbonyl (C=O) groups is 1. The molecule has 0 radical (unpaired) electrons. The Morgan fingerprint density at radius 2 is 2.32 bits per heavy atom. The third kappa shape index (κ3) is 3.74. The molecular weight excluding hydrogens is 248 g/mol. The number of aryl methyl sites for hydroxylation is 1. The fraction of sp³-hybridized carbons (Fsp3) is 0.750. The predicted molar refractivity (Wildman–Crippen MR) is 67.3 cm³/mol. The van der Waals surface area contributed by atoms with Crippen LogP contribution in [0.3, 0.4) is 0 Å². The van der Waals surface area contributed by atoms with E-state index >= 15 is 0 Å². The van der Waals surface area contributed by atoms with Crippen molar-refractivity contribution in [3.05, 3.63) is 11.7 Å². The summed E-state index contributed by atoms with van der Waals surface area (Å²) in [6.45, 7) is 6.02. The van der Waals surface area contributed by atoms with Gasteiger partial charge in [-0.1, -0.05) is 12.1 Å². The Hall–Kier alpha value is -1.47. The van der Waals surface area contributed by atoms with Crippen LogP contribution in [-0.4, -0.2) is 41.8 Å². The van der Waals surface area contributed by atoms with Crippen LogP contribution in [0.15, 0.2) is 4.52 Å². The Bertz CT molecular complexity index is 421. The van der Waals surface area contributed by atoms with Gasteiger partial charge in [0, 0.05) is 13.0 Å². The predicted octanol–water partition coefficient (Wildman–Crippen LogP) is 0.00882. The summed E-state index contributed by atoms with van der Waals surface area (Å²) in [7, 11) is 0. The molecule has 1 aromatic rings. The number of rotatable bonds is 6. The lowest BCUT2D eigenvalue weighted by molar-refractivity contribution is -0.125. The third-order valence-corrected chi connectivity index (χ3v) is 3.06. The van der Waals surface area contributed by atoms with Gasteiger partial charge in [0.15, 0.2) is 5.82 Å². The van der Waals surface area contributed by atoms with Crippen LogP contribution >= 0.6 is 0 Å². The molecule has 1 amide bonds. The molecule has 2 unspecified atom stereocenters. The number of hydrogen-bond donors (Lipinski definition) is 2. The second kappa shape index (κ2) is 6.63.